The Balaban J connectivity index is 1.46. The monoisotopic (exact) mass is 481 g/mol. The molecule has 0 aromatic heterocycles. The number of sulfonamides is 1. The number of hydrogen-bond donors (Lipinski definition) is 2. The third-order valence-corrected chi connectivity index (χ3v) is 6.54. The molecule has 3 aromatic rings. The van der Waals surface area contributed by atoms with Gasteiger partial charge in [-0.1, -0.05) is 30.3 Å². The van der Waals surface area contributed by atoms with Gasteiger partial charge in [-0.3, -0.25) is 9.52 Å². The lowest BCUT2D eigenvalue weighted by Crippen LogP contribution is -2.28. The average molecular weight is 482 g/mol. The van der Waals surface area contributed by atoms with Gasteiger partial charge in [-0.15, -0.1) is 0 Å². The second kappa shape index (κ2) is 12.2. The van der Waals surface area contributed by atoms with Crippen molar-refractivity contribution in [3.05, 3.63) is 90.0 Å². The van der Waals surface area contributed by atoms with Crippen LogP contribution in [-0.2, 0) is 16.6 Å². The number of carbonyl (C=O) groups excluding carboxylic acids is 1. The molecule has 3 aromatic carbocycles. The Morgan fingerprint density at radius 3 is 2.26 bits per heavy atom. The van der Waals surface area contributed by atoms with E-state index in [1.807, 2.05) is 25.1 Å². The summed E-state index contributed by atoms with van der Waals surface area (Å²) in [6, 6.07) is 22.8. The van der Waals surface area contributed by atoms with Crippen molar-refractivity contribution in [3.63, 3.8) is 0 Å². The van der Waals surface area contributed by atoms with Crippen LogP contribution in [0.2, 0.25) is 0 Å². The maximum absolute atomic E-state index is 12.7. The number of ether oxygens (including phenoxy) is 1. The van der Waals surface area contributed by atoms with Crippen molar-refractivity contribution < 1.29 is 17.9 Å². The van der Waals surface area contributed by atoms with Crippen LogP contribution >= 0.6 is 0 Å². The molecule has 0 radical (unpaired) electrons. The van der Waals surface area contributed by atoms with Crippen LogP contribution in [-0.4, -0.2) is 46.0 Å². The largest absolute Gasteiger partial charge is 0.494 e. The Morgan fingerprint density at radius 2 is 1.62 bits per heavy atom. The molecule has 0 heterocycles. The molecule has 34 heavy (non-hydrogen) atoms. The lowest BCUT2D eigenvalue weighted by atomic mass is 10.2. The maximum Gasteiger partial charge on any atom is 0.261 e. The molecule has 0 bridgehead atoms. The highest BCUT2D eigenvalue weighted by atomic mass is 32.2. The number of carbonyl (C=O) groups is 1. The second-order valence-electron chi connectivity index (χ2n) is 7.92. The van der Waals surface area contributed by atoms with Crippen LogP contribution in [0.15, 0.2) is 83.8 Å². The Labute approximate surface area is 201 Å². The number of hydrogen-bond acceptors (Lipinski definition) is 5. The lowest BCUT2D eigenvalue weighted by Gasteiger charge is -2.16. The minimum Gasteiger partial charge on any atom is -0.494 e. The fraction of sp³-hybridized carbons (Fsp3) is 0.269. The van der Waals surface area contributed by atoms with Crippen LogP contribution in [0.5, 0.6) is 5.75 Å². The molecule has 2 N–H and O–H groups in total. The van der Waals surface area contributed by atoms with E-state index in [0.717, 1.165) is 19.5 Å². The van der Waals surface area contributed by atoms with Crippen LogP contribution in [0.3, 0.4) is 0 Å². The number of amides is 1. The third kappa shape index (κ3) is 7.60. The fourth-order valence-electron chi connectivity index (χ4n) is 3.41. The first-order valence-corrected chi connectivity index (χ1v) is 12.7. The molecule has 0 saturated heterocycles. The van der Waals surface area contributed by atoms with E-state index in [9.17, 15) is 13.2 Å². The smallest absolute Gasteiger partial charge is 0.261 e. The molecule has 0 fully saturated rings. The van der Waals surface area contributed by atoms with Crippen LogP contribution < -0.4 is 14.8 Å². The van der Waals surface area contributed by atoms with Gasteiger partial charge in [0, 0.05) is 24.3 Å². The molecule has 1 amide bonds. The van der Waals surface area contributed by atoms with E-state index in [1.165, 1.54) is 29.8 Å². The summed E-state index contributed by atoms with van der Waals surface area (Å²) in [5, 5.41) is 2.89. The first-order chi connectivity index (χ1) is 16.4. The normalized spacial score (nSPS) is 11.3. The summed E-state index contributed by atoms with van der Waals surface area (Å²) in [6.45, 7) is 4.67. The molecule has 0 unspecified atom stereocenters. The quantitative estimate of drug-likeness (QED) is 0.380. The van der Waals surface area contributed by atoms with E-state index in [-0.39, 0.29) is 10.8 Å². The Kier molecular flexibility index (Phi) is 9.07. The summed E-state index contributed by atoms with van der Waals surface area (Å²) in [7, 11) is -1.71. The van der Waals surface area contributed by atoms with E-state index in [4.69, 9.17) is 4.74 Å². The maximum atomic E-state index is 12.7. The van der Waals surface area contributed by atoms with Gasteiger partial charge in [-0.25, -0.2) is 8.42 Å². The SMILES string of the molecule is CCOc1ccc(NS(=O)(=O)c2ccc(C(=O)NCCCN(C)Cc3ccccc3)cc2)cc1. The van der Waals surface area contributed by atoms with E-state index in [0.29, 0.717) is 30.2 Å². The van der Waals surface area contributed by atoms with Gasteiger partial charge in [-0.2, -0.15) is 0 Å². The summed E-state index contributed by atoms with van der Waals surface area (Å²) >= 11 is 0. The van der Waals surface area contributed by atoms with Crippen molar-refractivity contribution in [1.82, 2.24) is 10.2 Å². The molecular weight excluding hydrogens is 450 g/mol. The molecule has 7 nitrogen and oxygen atoms in total. The van der Waals surface area contributed by atoms with Gasteiger partial charge in [0.05, 0.1) is 11.5 Å². The highest BCUT2D eigenvalue weighted by Gasteiger charge is 2.15. The minimum absolute atomic E-state index is 0.0838. The Morgan fingerprint density at radius 1 is 0.941 bits per heavy atom. The zero-order valence-corrected chi connectivity index (χ0v) is 20.3. The molecule has 0 aliphatic carbocycles. The summed E-state index contributed by atoms with van der Waals surface area (Å²) in [6.07, 6.45) is 0.813. The summed E-state index contributed by atoms with van der Waals surface area (Å²) in [5.74, 6) is 0.442. The summed E-state index contributed by atoms with van der Waals surface area (Å²) in [5.41, 5.74) is 2.10. The fourth-order valence-corrected chi connectivity index (χ4v) is 4.47. The van der Waals surface area contributed by atoms with Gasteiger partial charge < -0.3 is 15.0 Å². The number of rotatable bonds is 12. The zero-order chi connectivity index (χ0) is 24.4. The van der Waals surface area contributed by atoms with Crippen molar-refractivity contribution in [2.24, 2.45) is 0 Å². The molecule has 0 saturated carbocycles. The molecular formula is C26H31N3O4S. The minimum atomic E-state index is -3.77. The average Bonchev–Trinajstić information content (AvgIpc) is 2.84. The van der Waals surface area contributed by atoms with E-state index in [2.05, 4.69) is 34.1 Å². The van der Waals surface area contributed by atoms with Crippen LogP contribution in [0.1, 0.15) is 29.3 Å². The Hall–Kier alpha value is -3.36. The van der Waals surface area contributed by atoms with Gasteiger partial charge in [0.1, 0.15) is 5.75 Å². The molecule has 3 rings (SSSR count). The van der Waals surface area contributed by atoms with Crippen LogP contribution in [0.4, 0.5) is 5.69 Å². The van der Waals surface area contributed by atoms with Crippen molar-refractivity contribution in [1.29, 1.82) is 0 Å². The van der Waals surface area contributed by atoms with Gasteiger partial charge in [0.2, 0.25) is 0 Å². The number of nitrogens with one attached hydrogen (secondary N) is 2. The number of anilines is 1. The second-order valence-corrected chi connectivity index (χ2v) is 9.60. The van der Waals surface area contributed by atoms with Gasteiger partial charge in [-0.05, 0) is 81.0 Å². The highest BCUT2D eigenvalue weighted by Crippen LogP contribution is 2.20. The van der Waals surface area contributed by atoms with Gasteiger partial charge >= 0.3 is 0 Å². The summed E-state index contributed by atoms with van der Waals surface area (Å²) in [4.78, 5) is 14.7. The number of benzene rings is 3. The first-order valence-electron chi connectivity index (χ1n) is 11.2. The van der Waals surface area contributed by atoms with Crippen molar-refractivity contribution in [2.75, 3.05) is 31.5 Å². The van der Waals surface area contributed by atoms with E-state index in [1.54, 1.807) is 24.3 Å². The highest BCUT2D eigenvalue weighted by molar-refractivity contribution is 7.92. The van der Waals surface area contributed by atoms with Crippen molar-refractivity contribution in [2.45, 2.75) is 24.8 Å². The molecule has 180 valence electrons. The van der Waals surface area contributed by atoms with Crippen molar-refractivity contribution in [3.8, 4) is 5.75 Å². The zero-order valence-electron chi connectivity index (χ0n) is 19.5. The van der Waals surface area contributed by atoms with Gasteiger partial charge in [0.15, 0.2) is 0 Å². The van der Waals surface area contributed by atoms with Crippen LogP contribution in [0, 0.1) is 0 Å². The van der Waals surface area contributed by atoms with Crippen molar-refractivity contribution >= 4 is 21.6 Å². The molecule has 0 aliphatic heterocycles. The topological polar surface area (TPSA) is 87.7 Å². The van der Waals surface area contributed by atoms with E-state index >= 15 is 0 Å². The molecule has 0 spiro atoms. The summed E-state index contributed by atoms with van der Waals surface area (Å²) < 4.78 is 33.2. The standard InChI is InChI=1S/C26H31N3O4S/c1-3-33-24-14-12-23(13-15-24)28-34(31,32)25-16-10-22(11-17-25)26(30)27-18-7-19-29(2)20-21-8-5-4-6-9-21/h4-6,8-17,28H,3,7,18-20H2,1-2H3,(H,27,30). The predicted molar refractivity (Wildman–Crippen MR) is 135 cm³/mol. The molecule has 8 heteroatoms. The first kappa shape index (κ1) is 25.3. The lowest BCUT2D eigenvalue weighted by molar-refractivity contribution is 0.0951. The molecule has 0 aliphatic rings. The Bertz CT molecular complexity index is 1150. The predicted octanol–water partition coefficient (Wildman–Crippen LogP) is 4.14. The number of nitrogens with zero attached hydrogens (tertiary/aromatic N) is 1. The molecule has 0 atom stereocenters. The van der Waals surface area contributed by atoms with Gasteiger partial charge in [0.25, 0.3) is 15.9 Å². The van der Waals surface area contributed by atoms with E-state index < -0.39 is 10.0 Å². The third-order valence-electron chi connectivity index (χ3n) is 5.14. The van der Waals surface area contributed by atoms with Crippen LogP contribution in [0.25, 0.3) is 0 Å².